The minimum absolute atomic E-state index is 0. The number of carbonyl (C=O) groups excluding carboxylic acids is 1. The Balaban J connectivity index is -0.000000320. The fourth-order valence-corrected chi connectivity index (χ4v) is 0.518. The van der Waals surface area contributed by atoms with Crippen molar-refractivity contribution in [2.24, 2.45) is 0 Å². The minimum Gasteiger partial charge on any atom is -1.00 e. The molecule has 0 saturated carbocycles. The first-order valence-corrected chi connectivity index (χ1v) is 2.88. The number of carbonyl (C=O) groups is 1. The van der Waals surface area contributed by atoms with E-state index in [1.807, 2.05) is 6.92 Å². The van der Waals surface area contributed by atoms with Gasteiger partial charge in [-0.2, -0.15) is 0 Å². The number of ether oxygens (including phenoxy) is 1. The van der Waals surface area contributed by atoms with E-state index in [4.69, 9.17) is 4.74 Å². The number of rotatable bonds is 2. The fraction of sp³-hybridized carbons (Fsp3) is 0.571. The zero-order valence-electron chi connectivity index (χ0n) is 7.06. The van der Waals surface area contributed by atoms with E-state index in [0.717, 1.165) is 0 Å². The van der Waals surface area contributed by atoms with Gasteiger partial charge >= 0.3 is 33.6 Å². The van der Waals surface area contributed by atoms with Gasteiger partial charge in [-0.25, -0.2) is 0 Å². The van der Waals surface area contributed by atoms with Gasteiger partial charge in [-0.15, -0.1) is 0 Å². The molecule has 0 aliphatic heterocycles. The summed E-state index contributed by atoms with van der Waals surface area (Å²) >= 11 is 0. The first kappa shape index (κ1) is 17.5. The van der Waals surface area contributed by atoms with Crippen LogP contribution in [0, 0.1) is 6.08 Å². The molecule has 0 aliphatic rings. The van der Waals surface area contributed by atoms with Gasteiger partial charge in [-0.1, -0.05) is 6.08 Å². The molecule has 2 radical (unpaired) electrons. The summed E-state index contributed by atoms with van der Waals surface area (Å²) in [5.41, 5.74) is 0. The smallest absolute Gasteiger partial charge is 1.00 e. The normalized spacial score (nSPS) is 11.2. The summed E-state index contributed by atoms with van der Waals surface area (Å²) in [6, 6.07) is 0. The van der Waals surface area contributed by atoms with E-state index in [2.05, 4.69) is 6.08 Å². The molecule has 0 aromatic carbocycles. The molecule has 11 heavy (non-hydrogen) atoms. The van der Waals surface area contributed by atoms with Crippen LogP contribution in [0.3, 0.4) is 0 Å². The van der Waals surface area contributed by atoms with Gasteiger partial charge in [0.2, 0.25) is 0 Å². The molecule has 0 spiro atoms. The van der Waals surface area contributed by atoms with Crippen LogP contribution in [0.1, 0.15) is 20.8 Å². The number of allylic oxidation sites excluding steroid dienone is 1. The van der Waals surface area contributed by atoms with Gasteiger partial charge in [0.25, 0.3) is 0 Å². The van der Waals surface area contributed by atoms with E-state index < -0.39 is 0 Å². The third-order valence-corrected chi connectivity index (χ3v) is 0.744. The Morgan fingerprint density at radius 2 is 2.09 bits per heavy atom. The Bertz CT molecular complexity index is 126. The van der Waals surface area contributed by atoms with Crippen LogP contribution in [0.25, 0.3) is 0 Å². The first-order chi connectivity index (χ1) is 4.16. The molecule has 0 amide bonds. The largest absolute Gasteiger partial charge is 1.00 e. The molecule has 0 N–H and O–H groups in total. The molecule has 0 fully saturated rings. The first-order valence-electron chi connectivity index (χ1n) is 2.88. The molecule has 2 nitrogen and oxygen atoms in total. The molecular weight excluding hydrogens is 352 g/mol. The van der Waals surface area contributed by atoms with Crippen molar-refractivity contribution in [2.45, 2.75) is 26.9 Å². The van der Waals surface area contributed by atoms with Crippen molar-refractivity contribution in [2.75, 3.05) is 0 Å². The zero-order valence-corrected chi connectivity index (χ0v) is 13.3. The predicted octanol–water partition coefficient (Wildman–Crippen LogP) is -1.68. The maximum atomic E-state index is 10.3. The van der Waals surface area contributed by atoms with Crippen molar-refractivity contribution in [3.05, 3.63) is 12.2 Å². The Hall–Kier alpha value is 0.435. The van der Waals surface area contributed by atoms with Crippen LogP contribution in [0.2, 0.25) is 0 Å². The SMILES string of the molecule is CC=[C][C@H](C)OC(C)=O.[Cl-].[Hg+]. The maximum absolute atomic E-state index is 10.3. The summed E-state index contributed by atoms with van der Waals surface area (Å²) in [5.74, 6) is -0.267. The fourth-order valence-electron chi connectivity index (χ4n) is 0.518. The monoisotopic (exact) mass is 364 g/mol. The van der Waals surface area contributed by atoms with Crippen LogP contribution in [0.5, 0.6) is 0 Å². The summed E-state index contributed by atoms with van der Waals surface area (Å²) in [6.45, 7) is 4.98. The Morgan fingerprint density at radius 1 is 1.64 bits per heavy atom. The molecule has 0 unspecified atom stereocenters. The van der Waals surface area contributed by atoms with E-state index in [1.54, 1.807) is 13.0 Å². The molecule has 4 heteroatoms. The van der Waals surface area contributed by atoms with Crippen LogP contribution in [0.15, 0.2) is 6.08 Å². The Kier molecular flexibility index (Phi) is 16.6. The molecule has 0 rings (SSSR count). The van der Waals surface area contributed by atoms with Crippen molar-refractivity contribution in [1.82, 2.24) is 0 Å². The Morgan fingerprint density at radius 3 is 2.36 bits per heavy atom. The van der Waals surface area contributed by atoms with Crippen LogP contribution >= 0.6 is 0 Å². The number of halogens is 1. The third-order valence-electron chi connectivity index (χ3n) is 0.744. The molecule has 0 aromatic heterocycles. The predicted molar refractivity (Wildman–Crippen MR) is 34.7 cm³/mol. The molecule has 0 aromatic rings. The quantitative estimate of drug-likeness (QED) is 0.433. The summed E-state index contributed by atoms with van der Waals surface area (Å²) in [7, 11) is 0. The van der Waals surface area contributed by atoms with Crippen molar-refractivity contribution in [1.29, 1.82) is 0 Å². The molecule has 0 bridgehead atoms. The summed E-state index contributed by atoms with van der Waals surface area (Å²) in [6.07, 6.45) is 4.32. The van der Waals surface area contributed by atoms with Crippen LogP contribution in [0.4, 0.5) is 0 Å². The van der Waals surface area contributed by atoms with E-state index in [1.165, 1.54) is 6.92 Å². The van der Waals surface area contributed by atoms with E-state index in [-0.39, 0.29) is 52.1 Å². The zero-order chi connectivity index (χ0) is 7.28. The van der Waals surface area contributed by atoms with Crippen molar-refractivity contribution in [3.63, 3.8) is 0 Å². The second-order valence-electron chi connectivity index (χ2n) is 1.71. The summed E-state index contributed by atoms with van der Waals surface area (Å²) < 4.78 is 4.71. The number of hydrogen-bond donors (Lipinski definition) is 0. The van der Waals surface area contributed by atoms with Gasteiger partial charge in [0.1, 0.15) is 6.10 Å². The Labute approximate surface area is 94.3 Å². The average molecular weight is 363 g/mol. The van der Waals surface area contributed by atoms with Crippen molar-refractivity contribution >= 4 is 5.97 Å². The van der Waals surface area contributed by atoms with Crippen molar-refractivity contribution in [3.8, 4) is 0 Å². The van der Waals surface area contributed by atoms with Crippen LogP contribution in [-0.4, -0.2) is 12.1 Å². The molecule has 1 atom stereocenters. The number of esters is 1. The van der Waals surface area contributed by atoms with Gasteiger partial charge in [0, 0.05) is 6.92 Å². The van der Waals surface area contributed by atoms with Gasteiger partial charge in [0.15, 0.2) is 0 Å². The van der Waals surface area contributed by atoms with Gasteiger partial charge in [-0.05, 0) is 19.9 Å². The second kappa shape index (κ2) is 10.4. The van der Waals surface area contributed by atoms with E-state index in [0.29, 0.717) is 0 Å². The molecule has 60 valence electrons. The molecule has 0 heterocycles. The molecule has 0 aliphatic carbocycles. The number of hydrogen-bond acceptors (Lipinski definition) is 2. The molecular formula is C7H11ClHgO2. The maximum Gasteiger partial charge on any atom is 1.00 e. The summed E-state index contributed by atoms with van der Waals surface area (Å²) in [5, 5.41) is 0. The topological polar surface area (TPSA) is 26.3 Å². The van der Waals surface area contributed by atoms with E-state index in [9.17, 15) is 4.79 Å². The average Bonchev–Trinajstić information content (AvgIpc) is 1.63. The van der Waals surface area contributed by atoms with Crippen LogP contribution < -0.4 is 12.4 Å². The van der Waals surface area contributed by atoms with Gasteiger partial charge < -0.3 is 17.1 Å². The van der Waals surface area contributed by atoms with Crippen LogP contribution in [-0.2, 0) is 37.2 Å². The third kappa shape index (κ3) is 13.4. The standard InChI is InChI=1S/C7H11O2.ClH.Hg/c1-4-5-6(2)9-7(3)8;;/h4,6H,1-3H3;1H;/q;;+1/p-1/t6-;;/m0../s1. The molecule has 0 saturated heterocycles. The minimum atomic E-state index is -0.267. The second-order valence-corrected chi connectivity index (χ2v) is 1.71. The summed E-state index contributed by atoms with van der Waals surface area (Å²) in [4.78, 5) is 10.3. The van der Waals surface area contributed by atoms with Crippen molar-refractivity contribution < 1.29 is 49.6 Å². The van der Waals surface area contributed by atoms with E-state index >= 15 is 0 Å². The van der Waals surface area contributed by atoms with Gasteiger partial charge in [-0.3, -0.25) is 4.79 Å². The van der Waals surface area contributed by atoms with Gasteiger partial charge in [0.05, 0.1) is 0 Å².